The van der Waals surface area contributed by atoms with E-state index in [2.05, 4.69) is 0 Å². The number of hydrogen-bond donors (Lipinski definition) is 0. The zero-order valence-corrected chi connectivity index (χ0v) is 21.2. The summed E-state index contributed by atoms with van der Waals surface area (Å²) in [6, 6.07) is 7.75. The highest BCUT2D eigenvalue weighted by atomic mass is 32.5. The zero-order valence-electron chi connectivity index (χ0n) is 19.5. The van der Waals surface area contributed by atoms with Gasteiger partial charge in [0.1, 0.15) is 5.75 Å². The normalized spacial score (nSPS) is 22.3. The van der Waals surface area contributed by atoms with E-state index < -0.39 is 12.3 Å². The maximum Gasteiger partial charge on any atom is 0.328 e. The van der Waals surface area contributed by atoms with Gasteiger partial charge in [0.2, 0.25) is 0 Å². The Morgan fingerprint density at radius 1 is 1.16 bits per heavy atom. The van der Waals surface area contributed by atoms with Crippen molar-refractivity contribution in [2.24, 2.45) is 0 Å². The molecule has 31 heavy (non-hydrogen) atoms. The van der Waals surface area contributed by atoms with Crippen molar-refractivity contribution in [3.63, 3.8) is 0 Å². The van der Waals surface area contributed by atoms with Gasteiger partial charge in [-0.15, -0.1) is 0 Å². The Morgan fingerprint density at radius 3 is 2.48 bits per heavy atom. The molecule has 4 unspecified atom stereocenters. The summed E-state index contributed by atoms with van der Waals surface area (Å²) in [7, 11) is 3.28. The van der Waals surface area contributed by atoms with E-state index in [1.807, 2.05) is 52.0 Å². The fraction of sp³-hybridized carbons (Fsp3) is 0.727. The maximum absolute atomic E-state index is 6.03. The van der Waals surface area contributed by atoms with Gasteiger partial charge in [0.25, 0.3) is 0 Å². The molecule has 0 radical (unpaired) electrons. The van der Waals surface area contributed by atoms with Crippen molar-refractivity contribution in [3.05, 3.63) is 29.8 Å². The Bertz CT molecular complexity index is 692. The average Bonchev–Trinajstić information content (AvgIpc) is 3.15. The summed E-state index contributed by atoms with van der Waals surface area (Å²) in [4.78, 5) is 0. The molecule has 1 aromatic rings. The van der Waals surface area contributed by atoms with Crippen LogP contribution in [0.15, 0.2) is 24.3 Å². The van der Waals surface area contributed by atoms with Crippen molar-refractivity contribution in [3.8, 4) is 5.75 Å². The molecule has 0 aliphatic carbocycles. The molecule has 1 fully saturated rings. The van der Waals surface area contributed by atoms with Crippen molar-refractivity contribution in [2.45, 2.75) is 71.1 Å². The van der Waals surface area contributed by atoms with E-state index in [0.717, 1.165) is 30.6 Å². The predicted octanol–water partition coefficient (Wildman–Crippen LogP) is 5.39. The highest BCUT2D eigenvalue weighted by molar-refractivity contribution is 8.07. The molecule has 1 aromatic carbocycles. The molecule has 9 heteroatoms. The molecule has 0 saturated carbocycles. The average molecular weight is 477 g/mol. The van der Waals surface area contributed by atoms with Gasteiger partial charge in [-0.25, -0.2) is 0 Å². The number of ether oxygens (including phenoxy) is 4. The summed E-state index contributed by atoms with van der Waals surface area (Å²) in [5.41, 5.74) is 0.544. The molecule has 0 bridgehead atoms. The molecule has 1 aliphatic rings. The summed E-state index contributed by atoms with van der Waals surface area (Å²) in [6.45, 7) is 6.36. The molecule has 2 rings (SSSR count). The van der Waals surface area contributed by atoms with Gasteiger partial charge in [0, 0.05) is 12.7 Å². The van der Waals surface area contributed by atoms with Gasteiger partial charge in [0.05, 0.1) is 44.7 Å². The topological polar surface area (TPSA) is 64.6 Å². The second-order valence-electron chi connectivity index (χ2n) is 8.55. The number of rotatable bonds is 13. The largest absolute Gasteiger partial charge is 0.497 e. The van der Waals surface area contributed by atoms with Crippen LogP contribution < -0.4 is 4.74 Å². The lowest BCUT2D eigenvalue weighted by Crippen LogP contribution is -2.22. The van der Waals surface area contributed by atoms with Crippen LogP contribution in [0.25, 0.3) is 0 Å². The van der Waals surface area contributed by atoms with Crippen LogP contribution in [0.2, 0.25) is 0 Å². The Morgan fingerprint density at radius 2 is 1.87 bits per heavy atom. The molecule has 1 aliphatic heterocycles. The standard InChI is InChI=1S/C22H37O7PS/c1-17(15-23-5)28-30(31,29-22(2,3)4)26-14-8-7-9-20-16-25-21(27-20)18-10-12-19(24-6)13-11-18/h10-13,17,20-21H,7-9,14-16H2,1-6H3. The molecule has 0 N–H and O–H groups in total. The van der Waals surface area contributed by atoms with Gasteiger partial charge < -0.3 is 32.5 Å². The second-order valence-corrected chi connectivity index (χ2v) is 11.4. The monoisotopic (exact) mass is 476 g/mol. The molecule has 7 nitrogen and oxygen atoms in total. The second kappa shape index (κ2) is 12.6. The van der Waals surface area contributed by atoms with Crippen LogP contribution in [-0.2, 0) is 39.6 Å². The van der Waals surface area contributed by atoms with E-state index in [1.165, 1.54) is 0 Å². The fourth-order valence-corrected chi connectivity index (χ4v) is 6.10. The first-order valence-electron chi connectivity index (χ1n) is 10.7. The van der Waals surface area contributed by atoms with Crippen LogP contribution in [0.1, 0.15) is 58.8 Å². The molecule has 0 spiro atoms. The van der Waals surface area contributed by atoms with Gasteiger partial charge in [-0.2, -0.15) is 0 Å². The van der Waals surface area contributed by atoms with Gasteiger partial charge in [-0.1, -0.05) is 12.1 Å². The van der Waals surface area contributed by atoms with E-state index >= 15 is 0 Å². The van der Waals surface area contributed by atoms with Gasteiger partial charge in [-0.05, 0) is 70.9 Å². The number of hydrogen-bond acceptors (Lipinski definition) is 8. The van der Waals surface area contributed by atoms with Gasteiger partial charge >= 0.3 is 6.72 Å². The van der Waals surface area contributed by atoms with Crippen LogP contribution in [0, 0.1) is 0 Å². The lowest BCUT2D eigenvalue weighted by Gasteiger charge is -2.31. The van der Waals surface area contributed by atoms with E-state index in [4.69, 9.17) is 44.3 Å². The first kappa shape index (κ1) is 26.7. The third-order valence-corrected chi connectivity index (χ3v) is 7.09. The minimum Gasteiger partial charge on any atom is -0.497 e. The fourth-order valence-electron chi connectivity index (χ4n) is 3.08. The number of benzene rings is 1. The van der Waals surface area contributed by atoms with Crippen molar-refractivity contribution < 1.29 is 32.5 Å². The van der Waals surface area contributed by atoms with Crippen LogP contribution in [-0.4, -0.2) is 51.8 Å². The summed E-state index contributed by atoms with van der Waals surface area (Å²) in [6.07, 6.45) is 2.20. The highest BCUT2D eigenvalue weighted by Crippen LogP contribution is 2.54. The summed E-state index contributed by atoms with van der Waals surface area (Å²) in [5, 5.41) is 0. The minimum atomic E-state index is -2.86. The Balaban J connectivity index is 1.73. The van der Waals surface area contributed by atoms with Gasteiger partial charge in [-0.3, -0.25) is 0 Å². The lowest BCUT2D eigenvalue weighted by atomic mass is 10.2. The zero-order chi connectivity index (χ0) is 22.9. The number of unbranched alkanes of at least 4 members (excludes halogenated alkanes) is 1. The molecule has 1 saturated heterocycles. The van der Waals surface area contributed by atoms with Crippen LogP contribution in [0.5, 0.6) is 5.75 Å². The summed E-state index contributed by atoms with van der Waals surface area (Å²) < 4.78 is 40.0. The molecular weight excluding hydrogens is 439 g/mol. The Labute approximate surface area is 191 Å². The summed E-state index contributed by atoms with van der Waals surface area (Å²) >= 11 is 5.62. The molecular formula is C22H37O7PS. The van der Waals surface area contributed by atoms with Crippen LogP contribution in [0.4, 0.5) is 0 Å². The van der Waals surface area contributed by atoms with E-state index in [-0.39, 0.29) is 18.5 Å². The predicted molar refractivity (Wildman–Crippen MR) is 124 cm³/mol. The van der Waals surface area contributed by atoms with Crippen LogP contribution >= 0.6 is 6.72 Å². The Kier molecular flexibility index (Phi) is 10.9. The quantitative estimate of drug-likeness (QED) is 0.277. The Hall–Kier alpha value is -0.570. The molecule has 1 heterocycles. The molecule has 4 atom stereocenters. The smallest absolute Gasteiger partial charge is 0.328 e. The third kappa shape index (κ3) is 9.84. The van der Waals surface area contributed by atoms with Crippen LogP contribution in [0.3, 0.4) is 0 Å². The minimum absolute atomic E-state index is 0.0685. The van der Waals surface area contributed by atoms with E-state index in [9.17, 15) is 0 Å². The highest BCUT2D eigenvalue weighted by Gasteiger charge is 2.30. The van der Waals surface area contributed by atoms with Gasteiger partial charge in [0.15, 0.2) is 6.29 Å². The summed E-state index contributed by atoms with van der Waals surface area (Å²) in [5.74, 6) is 0.815. The maximum atomic E-state index is 6.03. The van der Waals surface area contributed by atoms with E-state index in [1.54, 1.807) is 14.2 Å². The van der Waals surface area contributed by atoms with Crippen molar-refractivity contribution in [1.29, 1.82) is 0 Å². The van der Waals surface area contributed by atoms with E-state index in [0.29, 0.717) is 19.8 Å². The molecule has 0 aromatic heterocycles. The SMILES string of the molecule is COCC(C)OP(=S)(OCCCCC1COC(c2ccc(OC)cc2)O1)OC(C)(C)C. The first-order chi connectivity index (χ1) is 14.6. The number of methoxy groups -OCH3 is 2. The van der Waals surface area contributed by atoms with Crippen molar-refractivity contribution >= 4 is 18.5 Å². The first-order valence-corrected chi connectivity index (χ1v) is 13.2. The molecule has 0 amide bonds. The molecule has 178 valence electrons. The third-order valence-electron chi connectivity index (χ3n) is 4.40. The van der Waals surface area contributed by atoms with Crippen molar-refractivity contribution in [1.82, 2.24) is 0 Å². The van der Waals surface area contributed by atoms with Crippen molar-refractivity contribution in [2.75, 3.05) is 34.0 Å². The lowest BCUT2D eigenvalue weighted by molar-refractivity contribution is -0.0614.